The van der Waals surface area contributed by atoms with Crippen molar-refractivity contribution in [2.45, 2.75) is 25.3 Å². The second kappa shape index (κ2) is 5.98. The third-order valence-electron chi connectivity index (χ3n) is 2.51. The smallest absolute Gasteiger partial charge is 0.150 e. The normalized spacial score (nSPS) is 22.4. The fourth-order valence-electron chi connectivity index (χ4n) is 1.62. The highest BCUT2D eigenvalue weighted by Gasteiger charge is 2.22. The van der Waals surface area contributed by atoms with E-state index in [-0.39, 0.29) is 0 Å². The highest BCUT2D eigenvalue weighted by molar-refractivity contribution is 7.98. The first-order chi connectivity index (χ1) is 6.64. The molecule has 1 heterocycles. The molecule has 5 heteroatoms. The molecule has 0 aromatic rings. The van der Waals surface area contributed by atoms with Crippen LogP contribution in [0, 0.1) is 0 Å². The Morgan fingerprint density at radius 2 is 2.00 bits per heavy atom. The topological polar surface area (TPSA) is 46.2 Å². The lowest BCUT2D eigenvalue weighted by Gasteiger charge is -2.22. The molecule has 1 aliphatic rings. The zero-order valence-electron chi connectivity index (χ0n) is 8.66. The number of hydrogen-bond acceptors (Lipinski definition) is 4. The van der Waals surface area contributed by atoms with Gasteiger partial charge in [-0.05, 0) is 37.8 Å². The molecule has 0 spiro atoms. The SMILES string of the molecule is CSCCCNC1CCS(=O)(=O)CC1. The number of nitrogens with one attached hydrogen (secondary N) is 1. The Hall–Kier alpha value is 0.260. The first-order valence-corrected chi connectivity index (χ1v) is 8.28. The van der Waals surface area contributed by atoms with Crippen molar-refractivity contribution < 1.29 is 8.42 Å². The van der Waals surface area contributed by atoms with Gasteiger partial charge >= 0.3 is 0 Å². The summed E-state index contributed by atoms with van der Waals surface area (Å²) in [6.45, 7) is 1.02. The van der Waals surface area contributed by atoms with E-state index in [2.05, 4.69) is 11.6 Å². The van der Waals surface area contributed by atoms with Crippen LogP contribution in [0.2, 0.25) is 0 Å². The van der Waals surface area contributed by atoms with Crippen LogP contribution >= 0.6 is 11.8 Å². The zero-order valence-corrected chi connectivity index (χ0v) is 10.3. The summed E-state index contributed by atoms with van der Waals surface area (Å²) < 4.78 is 22.3. The van der Waals surface area contributed by atoms with Gasteiger partial charge in [0.25, 0.3) is 0 Å². The van der Waals surface area contributed by atoms with E-state index in [1.807, 2.05) is 11.8 Å². The summed E-state index contributed by atoms with van der Waals surface area (Å²) in [6.07, 6.45) is 4.86. The maximum absolute atomic E-state index is 11.1. The molecular weight excluding hydrogens is 218 g/mol. The molecule has 1 N–H and O–H groups in total. The highest BCUT2D eigenvalue weighted by atomic mass is 32.2. The first kappa shape index (κ1) is 12.3. The van der Waals surface area contributed by atoms with E-state index in [9.17, 15) is 8.42 Å². The lowest BCUT2D eigenvalue weighted by molar-refractivity contribution is 0.465. The number of sulfone groups is 1. The minimum atomic E-state index is -2.70. The van der Waals surface area contributed by atoms with Gasteiger partial charge in [-0.25, -0.2) is 8.42 Å². The molecule has 0 bridgehead atoms. The molecule has 14 heavy (non-hydrogen) atoms. The Kier molecular flexibility index (Phi) is 5.26. The predicted molar refractivity (Wildman–Crippen MR) is 62.7 cm³/mol. The van der Waals surface area contributed by atoms with Crippen LogP contribution in [0.5, 0.6) is 0 Å². The maximum Gasteiger partial charge on any atom is 0.150 e. The van der Waals surface area contributed by atoms with Gasteiger partial charge in [0, 0.05) is 6.04 Å². The van der Waals surface area contributed by atoms with E-state index < -0.39 is 9.84 Å². The summed E-state index contributed by atoms with van der Waals surface area (Å²) >= 11 is 1.85. The van der Waals surface area contributed by atoms with E-state index in [0.717, 1.165) is 19.4 Å². The molecule has 1 saturated heterocycles. The van der Waals surface area contributed by atoms with Crippen molar-refractivity contribution >= 4 is 21.6 Å². The Morgan fingerprint density at radius 1 is 1.36 bits per heavy atom. The van der Waals surface area contributed by atoms with Gasteiger partial charge in [0.1, 0.15) is 9.84 Å². The molecule has 0 aliphatic carbocycles. The van der Waals surface area contributed by atoms with Crippen molar-refractivity contribution in [3.05, 3.63) is 0 Å². The Balaban J connectivity index is 2.10. The molecule has 0 unspecified atom stereocenters. The molecule has 84 valence electrons. The van der Waals surface area contributed by atoms with Crippen LogP contribution in [0.1, 0.15) is 19.3 Å². The van der Waals surface area contributed by atoms with Crippen molar-refractivity contribution in [3.8, 4) is 0 Å². The Bertz CT molecular complexity index is 238. The molecule has 3 nitrogen and oxygen atoms in total. The lowest BCUT2D eigenvalue weighted by atomic mass is 10.1. The van der Waals surface area contributed by atoms with E-state index in [1.54, 1.807) is 0 Å². The predicted octanol–water partition coefficient (Wildman–Crippen LogP) is 0.906. The van der Waals surface area contributed by atoms with Gasteiger partial charge in [0.05, 0.1) is 11.5 Å². The Morgan fingerprint density at radius 3 is 2.57 bits per heavy atom. The van der Waals surface area contributed by atoms with Gasteiger partial charge in [0.2, 0.25) is 0 Å². The highest BCUT2D eigenvalue weighted by Crippen LogP contribution is 2.11. The summed E-state index contributed by atoms with van der Waals surface area (Å²) in [5.74, 6) is 1.92. The number of rotatable bonds is 5. The summed E-state index contributed by atoms with van der Waals surface area (Å²) in [5, 5.41) is 3.42. The second-order valence-electron chi connectivity index (χ2n) is 3.73. The van der Waals surface area contributed by atoms with Crippen molar-refractivity contribution in [2.75, 3.05) is 30.1 Å². The average Bonchev–Trinajstić information content (AvgIpc) is 2.15. The van der Waals surface area contributed by atoms with Gasteiger partial charge < -0.3 is 5.32 Å². The molecule has 0 aromatic heterocycles. The number of hydrogen-bond donors (Lipinski definition) is 1. The fraction of sp³-hybridized carbons (Fsp3) is 1.00. The van der Waals surface area contributed by atoms with Gasteiger partial charge in [-0.3, -0.25) is 0 Å². The van der Waals surface area contributed by atoms with Crippen LogP contribution in [-0.4, -0.2) is 44.5 Å². The molecular formula is C9H19NO2S2. The van der Waals surface area contributed by atoms with Crippen molar-refractivity contribution in [3.63, 3.8) is 0 Å². The molecule has 0 aromatic carbocycles. The molecule has 0 atom stereocenters. The number of thioether (sulfide) groups is 1. The maximum atomic E-state index is 11.1. The fourth-order valence-corrected chi connectivity index (χ4v) is 3.54. The minimum absolute atomic E-state index is 0.368. The third kappa shape index (κ3) is 4.66. The molecule has 0 radical (unpaired) electrons. The van der Waals surface area contributed by atoms with Crippen LogP contribution in [-0.2, 0) is 9.84 Å². The molecule has 0 amide bonds. The largest absolute Gasteiger partial charge is 0.314 e. The zero-order chi connectivity index (χ0) is 10.4. The quantitative estimate of drug-likeness (QED) is 0.722. The van der Waals surface area contributed by atoms with Gasteiger partial charge in [0.15, 0.2) is 0 Å². The molecule has 1 rings (SSSR count). The van der Waals surface area contributed by atoms with Crippen molar-refractivity contribution in [1.82, 2.24) is 5.32 Å². The van der Waals surface area contributed by atoms with Crippen LogP contribution in [0.4, 0.5) is 0 Å². The van der Waals surface area contributed by atoms with Crippen molar-refractivity contribution in [1.29, 1.82) is 0 Å². The standard InChI is InChI=1S/C9H19NO2S2/c1-13-6-2-5-10-9-3-7-14(11,12)8-4-9/h9-10H,2-8H2,1H3. The van der Waals surface area contributed by atoms with E-state index in [4.69, 9.17) is 0 Å². The minimum Gasteiger partial charge on any atom is -0.314 e. The first-order valence-electron chi connectivity index (χ1n) is 5.07. The van der Waals surface area contributed by atoms with Gasteiger partial charge in [-0.1, -0.05) is 0 Å². The van der Waals surface area contributed by atoms with Crippen molar-refractivity contribution in [2.24, 2.45) is 0 Å². The average molecular weight is 237 g/mol. The van der Waals surface area contributed by atoms with E-state index in [0.29, 0.717) is 17.5 Å². The molecule has 1 fully saturated rings. The van der Waals surface area contributed by atoms with Crippen LogP contribution in [0.3, 0.4) is 0 Å². The van der Waals surface area contributed by atoms with Crippen LogP contribution < -0.4 is 5.32 Å². The summed E-state index contributed by atoms with van der Waals surface area (Å²) in [5.41, 5.74) is 0. The summed E-state index contributed by atoms with van der Waals surface area (Å²) in [4.78, 5) is 0. The monoisotopic (exact) mass is 237 g/mol. The second-order valence-corrected chi connectivity index (χ2v) is 7.02. The summed E-state index contributed by atoms with van der Waals surface area (Å²) in [7, 11) is -2.70. The van der Waals surface area contributed by atoms with E-state index >= 15 is 0 Å². The lowest BCUT2D eigenvalue weighted by Crippen LogP contribution is -2.38. The van der Waals surface area contributed by atoms with Gasteiger partial charge in [-0.15, -0.1) is 0 Å². The van der Waals surface area contributed by atoms with Crippen LogP contribution in [0.15, 0.2) is 0 Å². The van der Waals surface area contributed by atoms with Gasteiger partial charge in [-0.2, -0.15) is 11.8 Å². The van der Waals surface area contributed by atoms with Crippen LogP contribution in [0.25, 0.3) is 0 Å². The van der Waals surface area contributed by atoms with E-state index in [1.165, 1.54) is 12.2 Å². The molecule has 1 aliphatic heterocycles. The summed E-state index contributed by atoms with van der Waals surface area (Å²) in [6, 6.07) is 0.431. The molecule has 0 saturated carbocycles. The third-order valence-corrected chi connectivity index (χ3v) is 4.93. The Labute approximate surface area is 91.0 Å².